The van der Waals surface area contributed by atoms with Crippen LogP contribution >= 0.6 is 12.2 Å². The number of ether oxygens (including phenoxy) is 2. The monoisotopic (exact) mass is 244 g/mol. The Bertz CT molecular complexity index is 244. The van der Waals surface area contributed by atoms with Crippen molar-refractivity contribution in [3.63, 3.8) is 0 Å². The average molecular weight is 244 g/mol. The van der Waals surface area contributed by atoms with Crippen molar-refractivity contribution in [3.8, 4) is 0 Å². The highest BCUT2D eigenvalue weighted by Crippen LogP contribution is 2.31. The number of thiocarbonyl (C=S) groups is 1. The topological polar surface area (TPSA) is 33.7 Å². The highest BCUT2D eigenvalue weighted by molar-refractivity contribution is 7.80. The first-order chi connectivity index (χ1) is 7.76. The van der Waals surface area contributed by atoms with Crippen LogP contribution in [0.5, 0.6) is 0 Å². The van der Waals surface area contributed by atoms with Crippen LogP contribution in [-0.4, -0.2) is 48.6 Å². The van der Waals surface area contributed by atoms with Crippen LogP contribution in [0.15, 0.2) is 0 Å². The standard InChI is InChI=1S/C11H20N2O2S/c1-2-5-12-10(16)13-6-3-11(4-7-13)14-8-9-15-11/h2-9H2,1H3,(H,12,16). The van der Waals surface area contributed by atoms with Gasteiger partial charge >= 0.3 is 0 Å². The molecule has 2 saturated heterocycles. The molecule has 0 aromatic heterocycles. The third-order valence-corrected chi connectivity index (χ3v) is 3.55. The quantitative estimate of drug-likeness (QED) is 0.736. The van der Waals surface area contributed by atoms with E-state index in [1.807, 2.05) is 0 Å². The molecule has 0 amide bonds. The summed E-state index contributed by atoms with van der Waals surface area (Å²) in [5.74, 6) is -0.295. The van der Waals surface area contributed by atoms with E-state index in [1.165, 1.54) is 0 Å². The van der Waals surface area contributed by atoms with Crippen molar-refractivity contribution < 1.29 is 9.47 Å². The Morgan fingerprint density at radius 1 is 1.31 bits per heavy atom. The van der Waals surface area contributed by atoms with Crippen molar-refractivity contribution in [2.45, 2.75) is 32.0 Å². The number of nitrogens with one attached hydrogen (secondary N) is 1. The molecule has 1 N–H and O–H groups in total. The van der Waals surface area contributed by atoms with Gasteiger partial charge in [-0.25, -0.2) is 0 Å². The minimum atomic E-state index is -0.295. The fourth-order valence-corrected chi connectivity index (χ4v) is 2.46. The maximum atomic E-state index is 5.68. The number of piperidine rings is 1. The summed E-state index contributed by atoms with van der Waals surface area (Å²) < 4.78 is 11.4. The molecule has 0 radical (unpaired) electrons. The molecule has 2 rings (SSSR count). The number of hydrogen-bond donors (Lipinski definition) is 1. The second kappa shape index (κ2) is 5.29. The van der Waals surface area contributed by atoms with Crippen molar-refractivity contribution in [1.29, 1.82) is 0 Å². The minimum absolute atomic E-state index is 0.295. The Hall–Kier alpha value is -0.390. The van der Waals surface area contributed by atoms with Gasteiger partial charge in [0.1, 0.15) is 0 Å². The molecule has 4 nitrogen and oxygen atoms in total. The summed E-state index contributed by atoms with van der Waals surface area (Å²) >= 11 is 5.34. The lowest BCUT2D eigenvalue weighted by Crippen LogP contribution is -2.50. The number of hydrogen-bond acceptors (Lipinski definition) is 3. The highest BCUT2D eigenvalue weighted by Gasteiger charge is 2.40. The zero-order valence-electron chi connectivity index (χ0n) is 9.83. The van der Waals surface area contributed by atoms with Crippen molar-refractivity contribution in [2.75, 3.05) is 32.8 Å². The van der Waals surface area contributed by atoms with Crippen LogP contribution in [0.3, 0.4) is 0 Å². The molecule has 92 valence electrons. The van der Waals surface area contributed by atoms with Gasteiger partial charge in [-0.1, -0.05) is 6.92 Å². The van der Waals surface area contributed by atoms with Gasteiger partial charge in [-0.15, -0.1) is 0 Å². The van der Waals surface area contributed by atoms with E-state index in [0.29, 0.717) is 0 Å². The van der Waals surface area contributed by atoms with E-state index in [9.17, 15) is 0 Å². The maximum Gasteiger partial charge on any atom is 0.171 e. The smallest absolute Gasteiger partial charge is 0.171 e. The first-order valence-electron chi connectivity index (χ1n) is 6.06. The summed E-state index contributed by atoms with van der Waals surface area (Å²) in [7, 11) is 0. The summed E-state index contributed by atoms with van der Waals surface area (Å²) in [5.41, 5.74) is 0. The third-order valence-electron chi connectivity index (χ3n) is 3.15. The molecule has 0 aromatic rings. The molecular formula is C11H20N2O2S. The van der Waals surface area contributed by atoms with Crippen LogP contribution < -0.4 is 5.32 Å². The lowest BCUT2D eigenvalue weighted by molar-refractivity contribution is -0.180. The van der Waals surface area contributed by atoms with E-state index in [-0.39, 0.29) is 5.79 Å². The molecule has 5 heteroatoms. The Labute approximate surface area is 102 Å². The molecule has 2 aliphatic heterocycles. The van der Waals surface area contributed by atoms with Crippen LogP contribution in [0, 0.1) is 0 Å². The molecule has 0 aromatic carbocycles. The zero-order valence-corrected chi connectivity index (χ0v) is 10.6. The summed E-state index contributed by atoms with van der Waals surface area (Å²) in [6, 6.07) is 0. The molecule has 0 saturated carbocycles. The average Bonchev–Trinajstić information content (AvgIpc) is 2.75. The van der Waals surface area contributed by atoms with Crippen molar-refractivity contribution >= 4 is 17.3 Å². The second-order valence-corrected chi connectivity index (χ2v) is 4.71. The van der Waals surface area contributed by atoms with Crippen LogP contribution in [0.2, 0.25) is 0 Å². The van der Waals surface area contributed by atoms with Gasteiger partial charge < -0.3 is 19.7 Å². The van der Waals surface area contributed by atoms with Gasteiger partial charge in [-0.3, -0.25) is 0 Å². The Balaban J connectivity index is 1.78. The predicted molar refractivity (Wildman–Crippen MR) is 66.3 cm³/mol. The van der Waals surface area contributed by atoms with E-state index in [4.69, 9.17) is 21.7 Å². The largest absolute Gasteiger partial charge is 0.363 e. The summed E-state index contributed by atoms with van der Waals surface area (Å²) in [5, 5.41) is 4.13. The summed E-state index contributed by atoms with van der Waals surface area (Å²) in [6.07, 6.45) is 2.94. The third kappa shape index (κ3) is 2.64. The molecule has 2 aliphatic rings. The van der Waals surface area contributed by atoms with E-state index in [2.05, 4.69) is 17.1 Å². The van der Waals surface area contributed by atoms with E-state index < -0.39 is 0 Å². The second-order valence-electron chi connectivity index (χ2n) is 4.33. The summed E-state index contributed by atoms with van der Waals surface area (Å²) in [4.78, 5) is 2.21. The number of rotatable bonds is 2. The Kier molecular flexibility index (Phi) is 4.00. The molecule has 2 heterocycles. The predicted octanol–water partition coefficient (Wildman–Crippen LogP) is 1.11. The van der Waals surface area contributed by atoms with E-state index in [1.54, 1.807) is 0 Å². The molecule has 16 heavy (non-hydrogen) atoms. The lowest BCUT2D eigenvalue weighted by Gasteiger charge is -2.38. The van der Waals surface area contributed by atoms with Crippen molar-refractivity contribution in [1.82, 2.24) is 10.2 Å². The van der Waals surface area contributed by atoms with Crippen LogP contribution in [0.1, 0.15) is 26.2 Å². The van der Waals surface area contributed by atoms with Gasteiger partial charge in [0.25, 0.3) is 0 Å². The van der Waals surface area contributed by atoms with Crippen LogP contribution in [0.25, 0.3) is 0 Å². The molecule has 0 unspecified atom stereocenters. The highest BCUT2D eigenvalue weighted by atomic mass is 32.1. The Morgan fingerprint density at radius 3 is 2.50 bits per heavy atom. The normalized spacial score (nSPS) is 23.7. The van der Waals surface area contributed by atoms with Gasteiger partial charge in [0, 0.05) is 32.5 Å². The van der Waals surface area contributed by atoms with E-state index >= 15 is 0 Å². The van der Waals surface area contributed by atoms with Gasteiger partial charge in [-0.05, 0) is 18.6 Å². The van der Waals surface area contributed by atoms with Gasteiger partial charge in [0.2, 0.25) is 0 Å². The van der Waals surface area contributed by atoms with Crippen molar-refractivity contribution in [3.05, 3.63) is 0 Å². The minimum Gasteiger partial charge on any atom is -0.363 e. The maximum absolute atomic E-state index is 5.68. The molecule has 2 fully saturated rings. The van der Waals surface area contributed by atoms with Gasteiger partial charge in [0.15, 0.2) is 10.9 Å². The van der Waals surface area contributed by atoms with E-state index in [0.717, 1.165) is 57.2 Å². The van der Waals surface area contributed by atoms with Gasteiger partial charge in [0.05, 0.1) is 13.2 Å². The lowest BCUT2D eigenvalue weighted by atomic mass is 10.0. The molecule has 1 spiro atoms. The number of nitrogens with zero attached hydrogens (tertiary/aromatic N) is 1. The zero-order chi connectivity index (χ0) is 11.4. The Morgan fingerprint density at radius 2 is 1.94 bits per heavy atom. The molecular weight excluding hydrogens is 224 g/mol. The molecule has 0 atom stereocenters. The first-order valence-corrected chi connectivity index (χ1v) is 6.47. The van der Waals surface area contributed by atoms with Gasteiger partial charge in [-0.2, -0.15) is 0 Å². The first kappa shape index (κ1) is 12.1. The van der Waals surface area contributed by atoms with Crippen LogP contribution in [0.4, 0.5) is 0 Å². The fraction of sp³-hybridized carbons (Fsp3) is 0.909. The summed E-state index contributed by atoms with van der Waals surface area (Å²) in [6.45, 7) is 6.41. The van der Waals surface area contributed by atoms with Crippen LogP contribution in [-0.2, 0) is 9.47 Å². The SMILES string of the molecule is CCCNC(=S)N1CCC2(CC1)OCCO2. The van der Waals surface area contributed by atoms with Crippen molar-refractivity contribution in [2.24, 2.45) is 0 Å². The number of likely N-dealkylation sites (tertiary alicyclic amines) is 1. The fourth-order valence-electron chi connectivity index (χ4n) is 2.18. The molecule has 0 aliphatic carbocycles. The molecule has 0 bridgehead atoms.